The molecule has 17 heavy (non-hydrogen) atoms. The van der Waals surface area contributed by atoms with Crippen LogP contribution in [-0.2, 0) is 11.3 Å². The molecule has 1 N–H and O–H groups in total. The molecule has 0 aliphatic carbocycles. The Labute approximate surface area is 102 Å². The van der Waals surface area contributed by atoms with Crippen LogP contribution in [0.4, 0.5) is 0 Å². The lowest BCUT2D eigenvalue weighted by atomic mass is 9.87. The second-order valence-corrected chi connectivity index (χ2v) is 5.08. The Morgan fingerprint density at radius 3 is 2.47 bits per heavy atom. The van der Waals surface area contributed by atoms with Gasteiger partial charge >= 0.3 is 5.97 Å². The average Bonchev–Trinajstić information content (AvgIpc) is 2.52. The van der Waals surface area contributed by atoms with E-state index in [9.17, 15) is 4.79 Å². The summed E-state index contributed by atoms with van der Waals surface area (Å²) in [5.74, 6) is 0.971. The highest BCUT2D eigenvalue weighted by molar-refractivity contribution is 5.73. The number of carboxylic acid groups (broad SMARTS) is 1. The van der Waals surface area contributed by atoms with Crippen molar-refractivity contribution < 1.29 is 9.90 Å². The van der Waals surface area contributed by atoms with E-state index in [2.05, 4.69) is 10.1 Å². The van der Waals surface area contributed by atoms with E-state index in [1.165, 1.54) is 0 Å². The van der Waals surface area contributed by atoms with Crippen LogP contribution in [-0.4, -0.2) is 25.8 Å². The first-order chi connectivity index (χ1) is 7.83. The van der Waals surface area contributed by atoms with Gasteiger partial charge in [-0.25, -0.2) is 4.98 Å². The normalized spacial score (nSPS) is 11.8. The molecule has 0 aliphatic rings. The van der Waals surface area contributed by atoms with Crippen molar-refractivity contribution in [2.45, 2.75) is 53.5 Å². The maximum absolute atomic E-state index is 10.9. The van der Waals surface area contributed by atoms with E-state index in [0.29, 0.717) is 6.42 Å². The van der Waals surface area contributed by atoms with E-state index in [1.54, 1.807) is 13.8 Å². The molecule has 0 saturated carbocycles. The maximum Gasteiger partial charge on any atom is 0.309 e. The van der Waals surface area contributed by atoms with E-state index < -0.39 is 11.4 Å². The molecule has 0 fully saturated rings. The summed E-state index contributed by atoms with van der Waals surface area (Å²) in [6.45, 7) is 8.14. The van der Waals surface area contributed by atoms with Crippen LogP contribution in [0, 0.1) is 19.3 Å². The van der Waals surface area contributed by atoms with Gasteiger partial charge in [0.05, 0.1) is 5.41 Å². The molecule has 0 aliphatic heterocycles. The topological polar surface area (TPSA) is 68.0 Å². The molecule has 1 aromatic heterocycles. The molecule has 0 unspecified atom stereocenters. The van der Waals surface area contributed by atoms with Gasteiger partial charge in [0, 0.05) is 6.54 Å². The van der Waals surface area contributed by atoms with E-state index in [-0.39, 0.29) is 0 Å². The Morgan fingerprint density at radius 2 is 2.00 bits per heavy atom. The van der Waals surface area contributed by atoms with Gasteiger partial charge in [0.15, 0.2) is 0 Å². The number of aliphatic carboxylic acids is 1. The lowest BCUT2D eigenvalue weighted by Gasteiger charge is -2.18. The third-order valence-corrected chi connectivity index (χ3v) is 2.96. The zero-order valence-corrected chi connectivity index (χ0v) is 11.0. The molecule has 0 saturated heterocycles. The first-order valence-electron chi connectivity index (χ1n) is 5.94. The number of nitrogens with zero attached hydrogens (tertiary/aromatic N) is 3. The molecule has 5 nitrogen and oxygen atoms in total. The van der Waals surface area contributed by atoms with Crippen molar-refractivity contribution in [3.05, 3.63) is 11.6 Å². The standard InChI is InChI=1S/C12H21N3O2/c1-9-13-10(2)15(14-9)8-6-5-7-12(3,4)11(16)17/h5-8H2,1-4H3,(H,16,17). The van der Waals surface area contributed by atoms with Gasteiger partial charge in [0.1, 0.15) is 11.6 Å². The van der Waals surface area contributed by atoms with Crippen molar-refractivity contribution in [3.8, 4) is 0 Å². The molecule has 1 heterocycles. The van der Waals surface area contributed by atoms with Crippen LogP contribution in [0.2, 0.25) is 0 Å². The summed E-state index contributed by atoms with van der Waals surface area (Å²) in [4.78, 5) is 15.1. The van der Waals surface area contributed by atoms with Gasteiger partial charge in [-0.1, -0.05) is 6.42 Å². The fraction of sp³-hybridized carbons (Fsp3) is 0.750. The SMILES string of the molecule is Cc1nc(C)n(CCCCC(C)(C)C(=O)O)n1. The second-order valence-electron chi connectivity index (χ2n) is 5.08. The van der Waals surface area contributed by atoms with Crippen molar-refractivity contribution in [1.82, 2.24) is 14.8 Å². The molecule has 0 spiro atoms. The van der Waals surface area contributed by atoms with Crippen LogP contribution in [0.3, 0.4) is 0 Å². The van der Waals surface area contributed by atoms with E-state index in [0.717, 1.165) is 31.0 Å². The predicted molar refractivity (Wildman–Crippen MR) is 64.8 cm³/mol. The number of carboxylic acids is 1. The summed E-state index contributed by atoms with van der Waals surface area (Å²) in [6, 6.07) is 0. The van der Waals surface area contributed by atoms with Gasteiger partial charge in [-0.15, -0.1) is 0 Å². The van der Waals surface area contributed by atoms with Crippen LogP contribution < -0.4 is 0 Å². The van der Waals surface area contributed by atoms with Crippen molar-refractivity contribution in [1.29, 1.82) is 0 Å². The number of rotatable bonds is 6. The van der Waals surface area contributed by atoms with Gasteiger partial charge in [-0.3, -0.25) is 9.48 Å². The predicted octanol–water partition coefficient (Wildman–Crippen LogP) is 2.18. The Hall–Kier alpha value is -1.39. The lowest BCUT2D eigenvalue weighted by Crippen LogP contribution is -2.23. The van der Waals surface area contributed by atoms with Crippen LogP contribution in [0.1, 0.15) is 44.8 Å². The summed E-state index contributed by atoms with van der Waals surface area (Å²) in [5, 5.41) is 13.2. The van der Waals surface area contributed by atoms with Gasteiger partial charge in [0.25, 0.3) is 0 Å². The van der Waals surface area contributed by atoms with Gasteiger partial charge in [-0.2, -0.15) is 5.10 Å². The van der Waals surface area contributed by atoms with Crippen molar-refractivity contribution >= 4 is 5.97 Å². The second kappa shape index (κ2) is 5.29. The summed E-state index contributed by atoms with van der Waals surface area (Å²) in [5.41, 5.74) is -0.632. The number of hydrogen-bond acceptors (Lipinski definition) is 3. The first-order valence-corrected chi connectivity index (χ1v) is 5.94. The fourth-order valence-corrected chi connectivity index (χ4v) is 1.71. The van der Waals surface area contributed by atoms with Gasteiger partial charge in [-0.05, 0) is 40.5 Å². The molecule has 1 rings (SSSR count). The summed E-state index contributed by atoms with van der Waals surface area (Å²) in [6.07, 6.45) is 2.51. The third kappa shape index (κ3) is 3.84. The number of unbranched alkanes of at least 4 members (excludes halogenated alkanes) is 1. The van der Waals surface area contributed by atoms with E-state index in [4.69, 9.17) is 5.11 Å². The molecule has 0 amide bonds. The third-order valence-electron chi connectivity index (χ3n) is 2.96. The molecule has 1 aromatic rings. The summed E-state index contributed by atoms with van der Waals surface area (Å²) < 4.78 is 1.88. The largest absolute Gasteiger partial charge is 0.481 e. The Morgan fingerprint density at radius 1 is 1.35 bits per heavy atom. The summed E-state index contributed by atoms with van der Waals surface area (Å²) >= 11 is 0. The lowest BCUT2D eigenvalue weighted by molar-refractivity contribution is -0.147. The number of hydrogen-bond donors (Lipinski definition) is 1. The maximum atomic E-state index is 10.9. The molecule has 0 aromatic carbocycles. The minimum Gasteiger partial charge on any atom is -0.481 e. The van der Waals surface area contributed by atoms with E-state index in [1.807, 2.05) is 18.5 Å². The monoisotopic (exact) mass is 239 g/mol. The fourth-order valence-electron chi connectivity index (χ4n) is 1.71. The molecule has 96 valence electrons. The van der Waals surface area contributed by atoms with Crippen molar-refractivity contribution in [2.75, 3.05) is 0 Å². The molecule has 0 bridgehead atoms. The molecule has 5 heteroatoms. The van der Waals surface area contributed by atoms with E-state index >= 15 is 0 Å². The number of aromatic nitrogens is 3. The average molecular weight is 239 g/mol. The molecular weight excluding hydrogens is 218 g/mol. The highest BCUT2D eigenvalue weighted by atomic mass is 16.4. The quantitative estimate of drug-likeness (QED) is 0.772. The highest BCUT2D eigenvalue weighted by Gasteiger charge is 2.25. The minimum atomic E-state index is -0.731. The van der Waals surface area contributed by atoms with Crippen LogP contribution in [0.15, 0.2) is 0 Å². The molecular formula is C12H21N3O2. The van der Waals surface area contributed by atoms with Gasteiger partial charge in [0.2, 0.25) is 0 Å². The Bertz CT molecular complexity index is 396. The summed E-state index contributed by atoms with van der Waals surface area (Å²) in [7, 11) is 0. The zero-order valence-electron chi connectivity index (χ0n) is 11.0. The van der Waals surface area contributed by atoms with Crippen LogP contribution in [0.5, 0.6) is 0 Å². The van der Waals surface area contributed by atoms with Crippen LogP contribution >= 0.6 is 0 Å². The van der Waals surface area contributed by atoms with Crippen LogP contribution in [0.25, 0.3) is 0 Å². The Kier molecular flexibility index (Phi) is 4.26. The van der Waals surface area contributed by atoms with Gasteiger partial charge < -0.3 is 5.11 Å². The van der Waals surface area contributed by atoms with Crippen molar-refractivity contribution in [2.24, 2.45) is 5.41 Å². The minimum absolute atomic E-state index is 0.632. The zero-order chi connectivity index (χ0) is 13.1. The van der Waals surface area contributed by atoms with Crippen molar-refractivity contribution in [3.63, 3.8) is 0 Å². The first kappa shape index (κ1) is 13.7. The number of aryl methyl sites for hydroxylation is 3. The smallest absolute Gasteiger partial charge is 0.309 e. The highest BCUT2D eigenvalue weighted by Crippen LogP contribution is 2.23. The molecule has 0 radical (unpaired) electrons. The number of carbonyl (C=O) groups is 1. The molecule has 0 atom stereocenters. The Balaban J connectivity index is 2.34.